The van der Waals surface area contributed by atoms with Crippen LogP contribution in [0.25, 0.3) is 0 Å². The number of pyridine rings is 1. The number of rotatable bonds is 4. The van der Waals surface area contributed by atoms with Gasteiger partial charge in [0, 0.05) is 0 Å². The molecule has 0 N–H and O–H groups in total. The van der Waals surface area contributed by atoms with E-state index >= 15 is 0 Å². The predicted octanol–water partition coefficient (Wildman–Crippen LogP) is 3.97. The van der Waals surface area contributed by atoms with Gasteiger partial charge in [-0.1, -0.05) is 19.8 Å². The van der Waals surface area contributed by atoms with E-state index in [1.54, 1.807) is 0 Å². The number of alkyl halides is 3. The fourth-order valence-electron chi connectivity index (χ4n) is 1.45. The van der Waals surface area contributed by atoms with Crippen LogP contribution < -0.4 is 0 Å². The number of unbranched alkanes of at least 4 members (excludes halogenated alkanes) is 2. The third-order valence-electron chi connectivity index (χ3n) is 2.26. The van der Waals surface area contributed by atoms with Gasteiger partial charge in [-0.15, -0.1) is 0 Å². The molecule has 0 radical (unpaired) electrons. The van der Waals surface area contributed by atoms with Gasteiger partial charge in [-0.05, 0) is 18.9 Å². The first kappa shape index (κ1) is 12.9. The normalized spacial score (nSPS) is 11.8. The molecule has 0 atom stereocenters. The Morgan fingerprint density at radius 2 is 1.94 bits per heavy atom. The predicted molar refractivity (Wildman–Crippen MR) is 52.4 cm³/mol. The van der Waals surface area contributed by atoms with Crippen LogP contribution in [0.2, 0.25) is 0 Å². The first-order valence-corrected chi connectivity index (χ1v) is 5.16. The van der Waals surface area contributed by atoms with Crippen LogP contribution in [-0.2, 0) is 12.6 Å². The summed E-state index contributed by atoms with van der Waals surface area (Å²) in [5.74, 6) is -0.952. The fraction of sp³-hybridized carbons (Fsp3) is 0.545. The number of nitrogens with zero attached hydrogens (tertiary/aromatic N) is 1. The summed E-state index contributed by atoms with van der Waals surface area (Å²) in [5, 5.41) is 0. The van der Waals surface area contributed by atoms with Crippen LogP contribution in [0.5, 0.6) is 0 Å². The molecule has 1 aromatic rings. The van der Waals surface area contributed by atoms with E-state index in [-0.39, 0.29) is 12.1 Å². The molecule has 1 heterocycles. The van der Waals surface area contributed by atoms with Gasteiger partial charge in [0.15, 0.2) is 0 Å². The SMILES string of the molecule is CCCCCc1ncc(F)cc1C(F)(F)F. The van der Waals surface area contributed by atoms with Crippen molar-refractivity contribution < 1.29 is 17.6 Å². The minimum atomic E-state index is -4.53. The topological polar surface area (TPSA) is 12.9 Å². The molecule has 0 bridgehead atoms. The van der Waals surface area contributed by atoms with Crippen molar-refractivity contribution in [2.24, 2.45) is 0 Å². The monoisotopic (exact) mass is 235 g/mol. The number of hydrogen-bond donors (Lipinski definition) is 0. The van der Waals surface area contributed by atoms with Crippen LogP contribution in [0.15, 0.2) is 12.3 Å². The second kappa shape index (κ2) is 5.27. The smallest absolute Gasteiger partial charge is 0.258 e. The van der Waals surface area contributed by atoms with Gasteiger partial charge in [-0.3, -0.25) is 4.98 Å². The maximum absolute atomic E-state index is 12.7. The Balaban J connectivity index is 2.90. The van der Waals surface area contributed by atoms with Crippen molar-refractivity contribution in [3.63, 3.8) is 0 Å². The summed E-state index contributed by atoms with van der Waals surface area (Å²) in [4.78, 5) is 3.52. The van der Waals surface area contributed by atoms with Crippen molar-refractivity contribution in [3.8, 4) is 0 Å². The summed E-state index contributed by atoms with van der Waals surface area (Å²) in [6, 6.07) is 0.508. The molecule has 0 aliphatic rings. The van der Waals surface area contributed by atoms with Gasteiger partial charge in [0.1, 0.15) is 5.82 Å². The second-order valence-corrected chi connectivity index (χ2v) is 3.60. The lowest BCUT2D eigenvalue weighted by molar-refractivity contribution is -0.138. The highest BCUT2D eigenvalue weighted by molar-refractivity contribution is 5.23. The zero-order chi connectivity index (χ0) is 12.2. The van der Waals surface area contributed by atoms with E-state index < -0.39 is 17.6 Å². The number of halogens is 4. The standard InChI is InChI=1S/C11H13F4N/c1-2-3-4-5-10-9(11(13,14)15)6-8(12)7-16-10/h6-7H,2-5H2,1H3. The van der Waals surface area contributed by atoms with E-state index in [9.17, 15) is 17.6 Å². The lowest BCUT2D eigenvalue weighted by Gasteiger charge is -2.11. The third kappa shape index (κ3) is 3.47. The van der Waals surface area contributed by atoms with Crippen molar-refractivity contribution >= 4 is 0 Å². The van der Waals surface area contributed by atoms with Crippen molar-refractivity contribution in [3.05, 3.63) is 29.3 Å². The fourth-order valence-corrected chi connectivity index (χ4v) is 1.45. The summed E-state index contributed by atoms with van der Waals surface area (Å²) in [7, 11) is 0. The number of aryl methyl sites for hydroxylation is 1. The minimum Gasteiger partial charge on any atom is -0.258 e. The molecule has 0 aliphatic carbocycles. The number of aromatic nitrogens is 1. The highest BCUT2D eigenvalue weighted by Crippen LogP contribution is 2.32. The van der Waals surface area contributed by atoms with Gasteiger partial charge in [0.2, 0.25) is 0 Å². The minimum absolute atomic E-state index is 0.0673. The Hall–Kier alpha value is -1.13. The van der Waals surface area contributed by atoms with E-state index in [4.69, 9.17) is 0 Å². The first-order valence-electron chi connectivity index (χ1n) is 5.16. The Bertz CT molecular complexity index is 346. The average Bonchev–Trinajstić information content (AvgIpc) is 2.19. The van der Waals surface area contributed by atoms with Gasteiger partial charge in [0.25, 0.3) is 0 Å². The summed E-state index contributed by atoms with van der Waals surface area (Å²) < 4.78 is 50.3. The molecule has 1 rings (SSSR count). The zero-order valence-corrected chi connectivity index (χ0v) is 8.94. The Labute approximate surface area is 91.5 Å². The van der Waals surface area contributed by atoms with E-state index in [0.29, 0.717) is 12.5 Å². The number of hydrogen-bond acceptors (Lipinski definition) is 1. The lowest BCUT2D eigenvalue weighted by atomic mass is 10.1. The largest absolute Gasteiger partial charge is 0.418 e. The molecule has 5 heteroatoms. The van der Waals surface area contributed by atoms with Crippen LogP contribution in [-0.4, -0.2) is 4.98 Å². The molecular weight excluding hydrogens is 222 g/mol. The molecule has 1 nitrogen and oxygen atoms in total. The van der Waals surface area contributed by atoms with Gasteiger partial charge in [-0.25, -0.2) is 4.39 Å². The van der Waals surface area contributed by atoms with E-state index in [1.807, 2.05) is 6.92 Å². The molecule has 0 saturated heterocycles. The zero-order valence-electron chi connectivity index (χ0n) is 8.94. The quantitative estimate of drug-likeness (QED) is 0.568. The van der Waals surface area contributed by atoms with Crippen LogP contribution >= 0.6 is 0 Å². The molecule has 1 aromatic heterocycles. The molecule has 0 amide bonds. The van der Waals surface area contributed by atoms with Crippen LogP contribution in [0.3, 0.4) is 0 Å². The van der Waals surface area contributed by atoms with Gasteiger partial charge in [-0.2, -0.15) is 13.2 Å². The van der Waals surface area contributed by atoms with Crippen molar-refractivity contribution in [2.75, 3.05) is 0 Å². The van der Waals surface area contributed by atoms with Crippen molar-refractivity contribution in [1.82, 2.24) is 4.98 Å². The summed E-state index contributed by atoms with van der Waals surface area (Å²) in [5.41, 5.74) is -1.02. The van der Waals surface area contributed by atoms with Crippen molar-refractivity contribution in [1.29, 1.82) is 0 Å². The maximum atomic E-state index is 12.7. The van der Waals surface area contributed by atoms with E-state index in [2.05, 4.69) is 4.98 Å². The molecular formula is C11H13F4N. The average molecular weight is 235 g/mol. The van der Waals surface area contributed by atoms with Gasteiger partial charge in [0.05, 0.1) is 17.5 Å². The van der Waals surface area contributed by atoms with E-state index in [0.717, 1.165) is 19.0 Å². The van der Waals surface area contributed by atoms with Gasteiger partial charge < -0.3 is 0 Å². The summed E-state index contributed by atoms with van der Waals surface area (Å²) in [6.07, 6.45) is -1.06. The summed E-state index contributed by atoms with van der Waals surface area (Å²) in [6.45, 7) is 1.96. The molecule has 0 aromatic carbocycles. The van der Waals surface area contributed by atoms with Crippen LogP contribution in [0, 0.1) is 5.82 Å². The summed E-state index contributed by atoms with van der Waals surface area (Å²) >= 11 is 0. The highest BCUT2D eigenvalue weighted by atomic mass is 19.4. The van der Waals surface area contributed by atoms with E-state index in [1.165, 1.54) is 0 Å². The lowest BCUT2D eigenvalue weighted by Crippen LogP contribution is -2.11. The first-order chi connectivity index (χ1) is 7.45. The Morgan fingerprint density at radius 3 is 2.50 bits per heavy atom. The molecule has 0 saturated carbocycles. The van der Waals surface area contributed by atoms with Crippen molar-refractivity contribution in [2.45, 2.75) is 38.8 Å². The molecule has 0 unspecified atom stereocenters. The second-order valence-electron chi connectivity index (χ2n) is 3.60. The molecule has 0 aliphatic heterocycles. The van der Waals surface area contributed by atoms with Gasteiger partial charge >= 0.3 is 6.18 Å². The Kier molecular flexibility index (Phi) is 4.26. The molecule has 90 valence electrons. The Morgan fingerprint density at radius 1 is 1.25 bits per heavy atom. The third-order valence-corrected chi connectivity index (χ3v) is 2.26. The maximum Gasteiger partial charge on any atom is 0.418 e. The molecule has 0 spiro atoms. The van der Waals surface area contributed by atoms with Crippen LogP contribution in [0.1, 0.15) is 37.4 Å². The molecule has 0 fully saturated rings. The molecule has 16 heavy (non-hydrogen) atoms. The highest BCUT2D eigenvalue weighted by Gasteiger charge is 2.34. The van der Waals surface area contributed by atoms with Crippen LogP contribution in [0.4, 0.5) is 17.6 Å².